The van der Waals surface area contributed by atoms with E-state index in [4.69, 9.17) is 0 Å². The average molecular weight is 364 g/mol. The van der Waals surface area contributed by atoms with E-state index >= 15 is 0 Å². The van der Waals surface area contributed by atoms with E-state index in [0.717, 1.165) is 42.2 Å². The summed E-state index contributed by atoms with van der Waals surface area (Å²) in [5.41, 5.74) is 3.43. The van der Waals surface area contributed by atoms with Crippen molar-refractivity contribution in [3.05, 3.63) is 53.9 Å². The third-order valence-corrected chi connectivity index (χ3v) is 5.19. The fourth-order valence-corrected chi connectivity index (χ4v) is 3.60. The minimum Gasteiger partial charge on any atom is -0.348 e. The summed E-state index contributed by atoms with van der Waals surface area (Å²) >= 11 is 0. The Morgan fingerprint density at radius 3 is 2.78 bits per heavy atom. The molecule has 138 valence electrons. The number of aromatic nitrogens is 6. The molecule has 3 aromatic heterocycles. The number of hydrogen-bond donors (Lipinski definition) is 2. The molecule has 3 aromatic rings. The quantitative estimate of drug-likeness (QED) is 0.739. The number of anilines is 1. The number of amides is 2. The maximum Gasteiger partial charge on any atom is 0.322 e. The number of carbonyl (C=O) groups excluding carboxylic acids is 1. The zero-order valence-corrected chi connectivity index (χ0v) is 15.0. The Balaban J connectivity index is 1.42. The average Bonchev–Trinajstić information content (AvgIpc) is 3.26. The highest BCUT2D eigenvalue weighted by Gasteiger charge is 2.36. The molecule has 1 aliphatic carbocycles. The highest BCUT2D eigenvalue weighted by molar-refractivity contribution is 5.89. The lowest BCUT2D eigenvalue weighted by atomic mass is 10.00. The molecule has 2 aliphatic rings. The van der Waals surface area contributed by atoms with Crippen molar-refractivity contribution < 1.29 is 4.79 Å². The van der Waals surface area contributed by atoms with E-state index in [-0.39, 0.29) is 12.1 Å². The second-order valence-electron chi connectivity index (χ2n) is 7.03. The fourth-order valence-electron chi connectivity index (χ4n) is 3.60. The lowest BCUT2D eigenvalue weighted by Crippen LogP contribution is -2.43. The van der Waals surface area contributed by atoms with E-state index in [1.54, 1.807) is 34.5 Å². The predicted octanol–water partition coefficient (Wildman–Crippen LogP) is 1.99. The van der Waals surface area contributed by atoms with E-state index in [2.05, 4.69) is 30.4 Å². The monoisotopic (exact) mass is 364 g/mol. The van der Waals surface area contributed by atoms with Crippen molar-refractivity contribution in [2.75, 3.05) is 11.9 Å². The minimum absolute atomic E-state index is 0.197. The fraction of sp³-hybridized carbons (Fsp3) is 0.389. The van der Waals surface area contributed by atoms with Gasteiger partial charge in [0.05, 0.1) is 35.8 Å². The summed E-state index contributed by atoms with van der Waals surface area (Å²) in [6, 6.07) is 1.43. The Hall–Kier alpha value is -3.23. The van der Waals surface area contributed by atoms with Gasteiger partial charge in [-0.2, -0.15) is 5.10 Å². The van der Waals surface area contributed by atoms with Crippen LogP contribution in [0.15, 0.2) is 31.0 Å². The molecule has 0 unspecified atom stereocenters. The molecule has 1 saturated carbocycles. The molecule has 1 fully saturated rings. The summed E-state index contributed by atoms with van der Waals surface area (Å²) in [7, 11) is 1.87. The minimum atomic E-state index is -0.292. The maximum absolute atomic E-state index is 13.0. The van der Waals surface area contributed by atoms with Gasteiger partial charge in [-0.15, -0.1) is 0 Å². The van der Waals surface area contributed by atoms with Crippen molar-refractivity contribution in [1.29, 1.82) is 0 Å². The predicted molar refractivity (Wildman–Crippen MR) is 97.1 cm³/mol. The number of urea groups is 1. The zero-order chi connectivity index (χ0) is 18.4. The molecule has 0 bridgehead atoms. The van der Waals surface area contributed by atoms with Gasteiger partial charge in [-0.1, -0.05) is 0 Å². The van der Waals surface area contributed by atoms with Gasteiger partial charge in [0.2, 0.25) is 0 Å². The van der Waals surface area contributed by atoms with E-state index in [0.29, 0.717) is 18.2 Å². The van der Waals surface area contributed by atoms with Crippen molar-refractivity contribution in [3.63, 3.8) is 0 Å². The zero-order valence-electron chi connectivity index (χ0n) is 15.0. The Kier molecular flexibility index (Phi) is 3.66. The van der Waals surface area contributed by atoms with Gasteiger partial charge in [0.1, 0.15) is 11.9 Å². The summed E-state index contributed by atoms with van der Waals surface area (Å²) in [5.74, 6) is 1.35. The van der Waals surface area contributed by atoms with Gasteiger partial charge in [0, 0.05) is 37.8 Å². The number of carbonyl (C=O) groups is 1. The topological polar surface area (TPSA) is 105 Å². The molecule has 1 atom stereocenters. The molecule has 0 aromatic carbocycles. The van der Waals surface area contributed by atoms with Crippen molar-refractivity contribution in [3.8, 4) is 0 Å². The van der Waals surface area contributed by atoms with E-state index < -0.39 is 0 Å². The molecule has 5 rings (SSSR count). The number of rotatable bonds is 3. The molecule has 4 heterocycles. The summed E-state index contributed by atoms with van der Waals surface area (Å²) in [5, 5.41) is 7.19. The molecular formula is C18H20N8O. The van der Waals surface area contributed by atoms with Gasteiger partial charge >= 0.3 is 6.03 Å². The summed E-state index contributed by atoms with van der Waals surface area (Å²) < 4.78 is 1.78. The third-order valence-electron chi connectivity index (χ3n) is 5.19. The van der Waals surface area contributed by atoms with Crippen molar-refractivity contribution in [2.45, 2.75) is 31.2 Å². The number of imidazole rings is 1. The first-order valence-electron chi connectivity index (χ1n) is 9.10. The van der Waals surface area contributed by atoms with Crippen LogP contribution in [-0.4, -0.2) is 47.2 Å². The summed E-state index contributed by atoms with van der Waals surface area (Å²) in [4.78, 5) is 31.2. The molecule has 1 aliphatic heterocycles. The molecule has 0 radical (unpaired) electrons. The van der Waals surface area contributed by atoms with E-state index in [1.807, 2.05) is 13.1 Å². The number of nitrogens with one attached hydrogen (secondary N) is 2. The van der Waals surface area contributed by atoms with E-state index in [9.17, 15) is 4.79 Å². The number of nitrogens with zero attached hydrogens (tertiary/aromatic N) is 6. The van der Waals surface area contributed by atoms with Crippen molar-refractivity contribution in [1.82, 2.24) is 34.6 Å². The second kappa shape index (κ2) is 6.19. The van der Waals surface area contributed by atoms with Gasteiger partial charge in [0.15, 0.2) is 0 Å². The maximum atomic E-state index is 13.0. The third kappa shape index (κ3) is 2.84. The van der Waals surface area contributed by atoms with Crippen LogP contribution in [0.25, 0.3) is 0 Å². The van der Waals surface area contributed by atoms with E-state index in [1.165, 1.54) is 0 Å². The smallest absolute Gasteiger partial charge is 0.322 e. The lowest BCUT2D eigenvalue weighted by molar-refractivity contribution is 0.190. The van der Waals surface area contributed by atoms with Crippen LogP contribution >= 0.6 is 0 Å². The molecule has 2 N–H and O–H groups in total. The highest BCUT2D eigenvalue weighted by atomic mass is 16.2. The first-order chi connectivity index (χ1) is 13.2. The largest absolute Gasteiger partial charge is 0.348 e. The number of H-pyrrole nitrogens is 1. The Morgan fingerprint density at radius 1 is 1.26 bits per heavy atom. The van der Waals surface area contributed by atoms with Crippen molar-refractivity contribution >= 4 is 11.7 Å². The normalized spacial score (nSPS) is 19.0. The molecule has 0 spiro atoms. The van der Waals surface area contributed by atoms with Crippen LogP contribution in [-0.2, 0) is 13.5 Å². The SMILES string of the molecule is Cn1nccc1[C@H]1c2nc[nH]c2CCN1C(=O)Nc1cnc(C2CC2)nc1. The van der Waals surface area contributed by atoms with Gasteiger partial charge in [-0.25, -0.2) is 19.7 Å². The first-order valence-corrected chi connectivity index (χ1v) is 9.10. The summed E-state index contributed by atoms with van der Waals surface area (Å²) in [6.45, 7) is 0.581. The molecule has 9 heteroatoms. The van der Waals surface area contributed by atoms with Crippen molar-refractivity contribution in [2.24, 2.45) is 7.05 Å². The lowest BCUT2D eigenvalue weighted by Gasteiger charge is -2.34. The van der Waals surface area contributed by atoms with Crippen LogP contribution in [0.5, 0.6) is 0 Å². The Morgan fingerprint density at radius 2 is 2.07 bits per heavy atom. The number of hydrogen-bond acceptors (Lipinski definition) is 5. The standard InChI is InChI=1S/C18H20N8O/c1-25-14(4-6-23-25)16-15-13(21-10-22-15)5-7-26(16)18(27)24-12-8-19-17(20-9-12)11-2-3-11/h4,6,8-11,16H,2-3,5,7H2,1H3,(H,21,22)(H,24,27)/t16-/m0/s1. The van der Waals surface area contributed by atoms with Crippen LogP contribution in [0.3, 0.4) is 0 Å². The van der Waals surface area contributed by atoms with Crippen LogP contribution in [0.1, 0.15) is 47.7 Å². The van der Waals surface area contributed by atoms with Gasteiger partial charge in [-0.3, -0.25) is 4.68 Å². The highest BCUT2D eigenvalue weighted by Crippen LogP contribution is 2.38. The molecule has 9 nitrogen and oxygen atoms in total. The Bertz CT molecular complexity index is 971. The van der Waals surface area contributed by atoms with Crippen LogP contribution in [0, 0.1) is 0 Å². The van der Waals surface area contributed by atoms with Crippen LogP contribution < -0.4 is 5.32 Å². The number of fused-ring (bicyclic) bond motifs is 1. The molecule has 27 heavy (non-hydrogen) atoms. The number of aryl methyl sites for hydroxylation is 1. The van der Waals surface area contributed by atoms with Crippen LogP contribution in [0.4, 0.5) is 10.5 Å². The number of aromatic amines is 1. The Labute approximate surface area is 155 Å². The van der Waals surface area contributed by atoms with Crippen LogP contribution in [0.2, 0.25) is 0 Å². The van der Waals surface area contributed by atoms with Gasteiger partial charge < -0.3 is 15.2 Å². The molecular weight excluding hydrogens is 344 g/mol. The second-order valence-corrected chi connectivity index (χ2v) is 7.03. The molecule has 0 saturated heterocycles. The molecule has 2 amide bonds. The van der Waals surface area contributed by atoms with Gasteiger partial charge in [0.25, 0.3) is 0 Å². The first kappa shape index (κ1) is 16.0. The summed E-state index contributed by atoms with van der Waals surface area (Å²) in [6.07, 6.45) is 9.81. The van der Waals surface area contributed by atoms with Gasteiger partial charge in [-0.05, 0) is 18.9 Å².